The smallest absolute Gasteiger partial charge is 0.462 e. The van der Waals surface area contributed by atoms with Gasteiger partial charge in [-0.1, -0.05) is 343 Å². The van der Waals surface area contributed by atoms with Crippen LogP contribution in [0.2, 0.25) is 0 Å². The van der Waals surface area contributed by atoms with Gasteiger partial charge in [0.25, 0.3) is 0 Å². The Kier molecular flexibility index (Phi) is 66.5. The van der Waals surface area contributed by atoms with E-state index in [2.05, 4.69) is 41.5 Å². The maximum absolute atomic E-state index is 13.1. The highest BCUT2D eigenvalue weighted by Gasteiger charge is 2.30. The topological polar surface area (TPSA) is 237 Å². The molecule has 6 atom stereocenters. The minimum atomic E-state index is -4.96. The van der Waals surface area contributed by atoms with E-state index in [-0.39, 0.29) is 25.7 Å². The van der Waals surface area contributed by atoms with Crippen LogP contribution in [0.4, 0.5) is 0 Å². The zero-order valence-corrected chi connectivity index (χ0v) is 63.8. The summed E-state index contributed by atoms with van der Waals surface area (Å²) in [6.45, 7) is 9.62. The van der Waals surface area contributed by atoms with Crippen molar-refractivity contribution in [1.29, 1.82) is 0 Å². The van der Waals surface area contributed by atoms with Gasteiger partial charge >= 0.3 is 39.5 Å². The number of aliphatic hydroxyl groups is 1. The van der Waals surface area contributed by atoms with Crippen LogP contribution in [0, 0.1) is 11.8 Å². The predicted octanol–water partition coefficient (Wildman–Crippen LogP) is 22.3. The van der Waals surface area contributed by atoms with Gasteiger partial charge in [-0.2, -0.15) is 0 Å². The summed E-state index contributed by atoms with van der Waals surface area (Å²) < 4.78 is 68.6. The quantitative estimate of drug-likeness (QED) is 0.0222. The highest BCUT2D eigenvalue weighted by molar-refractivity contribution is 7.47. The zero-order valence-electron chi connectivity index (χ0n) is 62.0. The molecule has 0 rings (SSSR count). The third kappa shape index (κ3) is 69.0. The average molecular weight is 1400 g/mol. The Bertz CT molecular complexity index is 1840. The first-order chi connectivity index (χ1) is 45.9. The molecule has 0 spiro atoms. The summed E-state index contributed by atoms with van der Waals surface area (Å²) in [4.78, 5) is 72.8. The molecule has 19 heteroatoms. The van der Waals surface area contributed by atoms with Crippen LogP contribution in [0.15, 0.2) is 0 Å². The van der Waals surface area contributed by atoms with Crippen molar-refractivity contribution >= 4 is 39.5 Å². The fraction of sp³-hybridized carbons (Fsp3) is 0.947. The summed E-state index contributed by atoms with van der Waals surface area (Å²) >= 11 is 0. The molecule has 3 unspecified atom stereocenters. The SMILES string of the molecule is CCCCCCCCCCCCCCCCCC(=O)OC[C@H](COP(=O)(O)OC[C@@H](O)COP(=O)(O)OC[C@@H](COC(=O)CCCCCCCCCCCCCC)OC(=O)CCCCCCCCCCC(C)CC)OC(=O)CCCCCCCCCCCCCCCC(C)C. The molecule has 0 radical (unpaired) electrons. The molecule has 95 heavy (non-hydrogen) atoms. The van der Waals surface area contributed by atoms with Gasteiger partial charge in [-0.15, -0.1) is 0 Å². The average Bonchev–Trinajstić information content (AvgIpc) is 1.64. The van der Waals surface area contributed by atoms with Crippen LogP contribution in [0.25, 0.3) is 0 Å². The largest absolute Gasteiger partial charge is 0.472 e. The fourth-order valence-electron chi connectivity index (χ4n) is 11.6. The van der Waals surface area contributed by atoms with Crippen molar-refractivity contribution in [2.45, 2.75) is 413 Å². The Labute approximate surface area is 581 Å². The van der Waals surface area contributed by atoms with Gasteiger partial charge < -0.3 is 33.8 Å². The standard InChI is InChI=1S/C76H148O17P2/c1-7-10-12-14-16-18-20-22-23-26-30-34-41-47-53-59-74(79)86-64-71(92-75(80)60-54-48-42-35-31-27-24-25-28-32-38-44-50-56-68(4)5)66-90-94(82,83)88-62-70(77)63-89-95(84,85)91-67-72(93-76(81)61-55-49-43-37-36-39-45-51-57-69(6)9-3)65-87-73(78)58-52-46-40-33-29-21-19-17-15-13-11-8-2/h68-72,77H,7-67H2,1-6H3,(H,82,83)(H,84,85)/t69?,70-,71-,72-/m1/s1. The van der Waals surface area contributed by atoms with Crippen LogP contribution >= 0.6 is 15.6 Å². The molecule has 0 heterocycles. The number of phosphoric ester groups is 2. The van der Waals surface area contributed by atoms with E-state index in [0.717, 1.165) is 102 Å². The first-order valence-corrected chi connectivity index (χ1v) is 42.5. The molecule has 564 valence electrons. The minimum absolute atomic E-state index is 0.105. The van der Waals surface area contributed by atoms with Crippen molar-refractivity contribution in [2.24, 2.45) is 11.8 Å². The van der Waals surface area contributed by atoms with Crippen molar-refractivity contribution in [2.75, 3.05) is 39.6 Å². The number of ether oxygens (including phenoxy) is 4. The zero-order chi connectivity index (χ0) is 70.0. The molecule has 3 N–H and O–H groups in total. The van der Waals surface area contributed by atoms with E-state index in [9.17, 15) is 43.2 Å². The van der Waals surface area contributed by atoms with Gasteiger partial charge in [0.2, 0.25) is 0 Å². The van der Waals surface area contributed by atoms with Gasteiger partial charge in [0, 0.05) is 25.7 Å². The van der Waals surface area contributed by atoms with E-state index in [4.69, 9.17) is 37.0 Å². The molecule has 0 saturated heterocycles. The molecular weight excluding hydrogens is 1250 g/mol. The normalized spacial score (nSPS) is 14.3. The molecular formula is C76H148O17P2. The van der Waals surface area contributed by atoms with Crippen molar-refractivity contribution in [1.82, 2.24) is 0 Å². The van der Waals surface area contributed by atoms with E-state index in [1.54, 1.807) is 0 Å². The van der Waals surface area contributed by atoms with Crippen molar-refractivity contribution in [3.63, 3.8) is 0 Å². The van der Waals surface area contributed by atoms with Crippen molar-refractivity contribution in [3.8, 4) is 0 Å². The molecule has 0 aromatic rings. The van der Waals surface area contributed by atoms with E-state index in [0.29, 0.717) is 25.7 Å². The molecule has 0 aliphatic heterocycles. The second-order valence-electron chi connectivity index (χ2n) is 28.1. The van der Waals surface area contributed by atoms with Gasteiger partial charge in [-0.05, 0) is 37.5 Å². The van der Waals surface area contributed by atoms with Gasteiger partial charge in [0.15, 0.2) is 12.2 Å². The van der Waals surface area contributed by atoms with Crippen LogP contribution in [-0.4, -0.2) is 96.7 Å². The number of phosphoric acid groups is 2. The lowest BCUT2D eigenvalue weighted by molar-refractivity contribution is -0.161. The van der Waals surface area contributed by atoms with E-state index in [1.807, 2.05) is 0 Å². The Hall–Kier alpha value is -1.94. The van der Waals surface area contributed by atoms with Crippen molar-refractivity contribution in [3.05, 3.63) is 0 Å². The van der Waals surface area contributed by atoms with Gasteiger partial charge in [-0.25, -0.2) is 9.13 Å². The van der Waals surface area contributed by atoms with E-state index in [1.165, 1.54) is 212 Å². The second-order valence-corrected chi connectivity index (χ2v) is 31.0. The Morgan fingerprint density at radius 1 is 0.305 bits per heavy atom. The predicted molar refractivity (Wildman–Crippen MR) is 386 cm³/mol. The molecule has 0 bridgehead atoms. The number of carbonyl (C=O) groups is 4. The summed E-state index contributed by atoms with van der Waals surface area (Å²) in [6, 6.07) is 0. The number of unbranched alkanes of at least 4 members (excludes halogenated alkanes) is 44. The molecule has 0 aliphatic carbocycles. The maximum atomic E-state index is 13.1. The summed E-state index contributed by atoms with van der Waals surface area (Å²) in [6.07, 6.45) is 55.3. The monoisotopic (exact) mass is 1400 g/mol. The number of hydrogen-bond acceptors (Lipinski definition) is 15. The lowest BCUT2D eigenvalue weighted by Gasteiger charge is -2.21. The number of aliphatic hydroxyl groups excluding tert-OH is 1. The lowest BCUT2D eigenvalue weighted by atomic mass is 9.99. The first kappa shape index (κ1) is 93.1. The van der Waals surface area contributed by atoms with Crippen LogP contribution in [0.5, 0.6) is 0 Å². The molecule has 0 aliphatic rings. The van der Waals surface area contributed by atoms with Crippen LogP contribution in [0.1, 0.15) is 395 Å². The Balaban J connectivity index is 5.26. The minimum Gasteiger partial charge on any atom is -0.462 e. The van der Waals surface area contributed by atoms with Gasteiger partial charge in [0.1, 0.15) is 19.3 Å². The highest BCUT2D eigenvalue weighted by atomic mass is 31.2. The van der Waals surface area contributed by atoms with Crippen LogP contribution in [-0.2, 0) is 65.4 Å². The highest BCUT2D eigenvalue weighted by Crippen LogP contribution is 2.45. The molecule has 17 nitrogen and oxygen atoms in total. The van der Waals surface area contributed by atoms with Gasteiger partial charge in [0.05, 0.1) is 26.4 Å². The fourth-order valence-corrected chi connectivity index (χ4v) is 13.2. The Morgan fingerprint density at radius 3 is 0.800 bits per heavy atom. The molecule has 0 saturated carbocycles. The Morgan fingerprint density at radius 2 is 0.537 bits per heavy atom. The number of hydrogen-bond donors (Lipinski definition) is 3. The summed E-state index contributed by atoms with van der Waals surface area (Å²) in [5, 5.41) is 10.6. The summed E-state index contributed by atoms with van der Waals surface area (Å²) in [5.74, 6) is -0.558. The van der Waals surface area contributed by atoms with E-state index < -0.39 is 97.5 Å². The number of esters is 4. The first-order valence-electron chi connectivity index (χ1n) is 39.5. The summed E-state index contributed by atoms with van der Waals surface area (Å²) in [7, 11) is -9.91. The maximum Gasteiger partial charge on any atom is 0.472 e. The van der Waals surface area contributed by atoms with Crippen LogP contribution < -0.4 is 0 Å². The van der Waals surface area contributed by atoms with Crippen molar-refractivity contribution < 1.29 is 80.2 Å². The third-order valence-corrected chi connectivity index (χ3v) is 20.0. The van der Waals surface area contributed by atoms with Gasteiger partial charge in [-0.3, -0.25) is 37.3 Å². The second kappa shape index (κ2) is 67.9. The summed E-state index contributed by atoms with van der Waals surface area (Å²) in [5.41, 5.74) is 0. The molecule has 0 fully saturated rings. The van der Waals surface area contributed by atoms with Crippen LogP contribution in [0.3, 0.4) is 0 Å². The molecule has 0 aromatic heterocycles. The third-order valence-electron chi connectivity index (χ3n) is 18.1. The lowest BCUT2D eigenvalue weighted by Crippen LogP contribution is -2.30. The molecule has 0 amide bonds. The number of carbonyl (C=O) groups excluding carboxylic acids is 4. The van der Waals surface area contributed by atoms with E-state index >= 15 is 0 Å². The molecule has 0 aromatic carbocycles. The number of rotatable bonds is 75.